The van der Waals surface area contributed by atoms with Crippen molar-refractivity contribution >= 4 is 5.97 Å². The third-order valence-electron chi connectivity index (χ3n) is 1.56. The minimum absolute atomic E-state index is 0.300. The van der Waals surface area contributed by atoms with Gasteiger partial charge in [0.05, 0.1) is 27.3 Å². The number of rotatable bonds is 7. The molecule has 0 bridgehead atoms. The molecule has 0 aromatic rings. The van der Waals surface area contributed by atoms with Gasteiger partial charge in [-0.25, -0.2) is 4.79 Å². The van der Waals surface area contributed by atoms with Crippen LogP contribution in [-0.4, -0.2) is 46.4 Å². The van der Waals surface area contributed by atoms with Crippen LogP contribution in [0.15, 0.2) is 12.2 Å². The number of esters is 1. The highest BCUT2D eigenvalue weighted by Gasteiger charge is 2.01. The van der Waals surface area contributed by atoms with Crippen molar-refractivity contribution < 1.29 is 19.2 Å². The number of ether oxygens (including phenoxy) is 2. The Kier molecular flexibility index (Phi) is 7.06. The maximum absolute atomic E-state index is 10.9. The summed E-state index contributed by atoms with van der Waals surface area (Å²) in [5.74, 6) is -0.355. The van der Waals surface area contributed by atoms with Crippen molar-refractivity contribution in [2.75, 3.05) is 40.5 Å². The molecular weight excluding hydrogens is 182 g/mol. The Morgan fingerprint density at radius 2 is 1.93 bits per heavy atom. The molecule has 0 amide bonds. The molecule has 0 saturated heterocycles. The third kappa shape index (κ3) is 7.76. The molecule has 1 N–H and O–H groups in total. The minimum atomic E-state index is -0.355. The number of nitrogens with one attached hydrogen (secondary N) is 1. The highest BCUT2D eigenvalue weighted by Crippen LogP contribution is 1.91. The van der Waals surface area contributed by atoms with Crippen LogP contribution in [0, 0.1) is 0 Å². The van der Waals surface area contributed by atoms with E-state index in [0.29, 0.717) is 25.4 Å². The van der Waals surface area contributed by atoms with Crippen LogP contribution in [0.4, 0.5) is 0 Å². The van der Waals surface area contributed by atoms with E-state index in [-0.39, 0.29) is 5.97 Å². The van der Waals surface area contributed by atoms with Crippen LogP contribution in [0.5, 0.6) is 0 Å². The maximum atomic E-state index is 10.9. The average Bonchev–Trinajstić information content (AvgIpc) is 2.09. The SMILES string of the molecule is C=C(C)C(=O)OCCOCC[NH+](C)C. The van der Waals surface area contributed by atoms with Gasteiger partial charge in [0.25, 0.3) is 0 Å². The number of hydrogen-bond donors (Lipinski definition) is 1. The van der Waals surface area contributed by atoms with Gasteiger partial charge >= 0.3 is 5.97 Å². The second kappa shape index (κ2) is 7.53. The van der Waals surface area contributed by atoms with E-state index < -0.39 is 0 Å². The van der Waals surface area contributed by atoms with Crippen LogP contribution >= 0.6 is 0 Å². The number of quaternary nitrogens is 1. The second-order valence-corrected chi connectivity index (χ2v) is 3.49. The van der Waals surface area contributed by atoms with Crippen LogP contribution in [0.3, 0.4) is 0 Å². The molecule has 0 aliphatic heterocycles. The summed E-state index contributed by atoms with van der Waals surface area (Å²) >= 11 is 0. The molecule has 0 fully saturated rings. The van der Waals surface area contributed by atoms with E-state index in [1.165, 1.54) is 4.90 Å². The van der Waals surface area contributed by atoms with Gasteiger partial charge in [0.1, 0.15) is 13.2 Å². The fourth-order valence-corrected chi connectivity index (χ4v) is 0.695. The first-order chi connectivity index (χ1) is 6.54. The Morgan fingerprint density at radius 1 is 1.29 bits per heavy atom. The number of hydrogen-bond acceptors (Lipinski definition) is 3. The minimum Gasteiger partial charge on any atom is -0.460 e. The van der Waals surface area contributed by atoms with E-state index in [1.54, 1.807) is 6.92 Å². The summed E-state index contributed by atoms with van der Waals surface area (Å²) in [4.78, 5) is 12.2. The van der Waals surface area contributed by atoms with Gasteiger partial charge in [-0.05, 0) is 6.92 Å². The molecule has 4 heteroatoms. The van der Waals surface area contributed by atoms with E-state index in [9.17, 15) is 4.79 Å². The lowest BCUT2D eigenvalue weighted by molar-refractivity contribution is -0.858. The zero-order valence-electron chi connectivity index (χ0n) is 9.26. The maximum Gasteiger partial charge on any atom is 0.333 e. The fourth-order valence-electron chi connectivity index (χ4n) is 0.695. The van der Waals surface area contributed by atoms with E-state index in [2.05, 4.69) is 20.7 Å². The highest BCUT2D eigenvalue weighted by molar-refractivity contribution is 5.86. The molecule has 82 valence electrons. The van der Waals surface area contributed by atoms with Gasteiger partial charge in [0.15, 0.2) is 0 Å². The quantitative estimate of drug-likeness (QED) is 0.336. The molecule has 0 aromatic carbocycles. The van der Waals surface area contributed by atoms with Gasteiger partial charge in [-0.1, -0.05) is 6.58 Å². The van der Waals surface area contributed by atoms with E-state index in [0.717, 1.165) is 6.54 Å². The zero-order valence-corrected chi connectivity index (χ0v) is 9.26. The molecule has 0 aromatic heterocycles. The van der Waals surface area contributed by atoms with E-state index >= 15 is 0 Å². The molecule has 0 atom stereocenters. The Bertz CT molecular complexity index is 190. The summed E-state index contributed by atoms with van der Waals surface area (Å²) in [6, 6.07) is 0. The lowest BCUT2D eigenvalue weighted by Crippen LogP contribution is -3.06. The Hall–Kier alpha value is -0.870. The van der Waals surface area contributed by atoms with Crippen molar-refractivity contribution in [2.45, 2.75) is 6.92 Å². The van der Waals surface area contributed by atoms with Crippen molar-refractivity contribution in [3.8, 4) is 0 Å². The Morgan fingerprint density at radius 3 is 2.43 bits per heavy atom. The summed E-state index contributed by atoms with van der Waals surface area (Å²) in [5, 5.41) is 0. The van der Waals surface area contributed by atoms with Crippen LogP contribution in [0.1, 0.15) is 6.92 Å². The molecule has 0 radical (unpaired) electrons. The third-order valence-corrected chi connectivity index (χ3v) is 1.56. The van der Waals surface area contributed by atoms with E-state index in [4.69, 9.17) is 9.47 Å². The van der Waals surface area contributed by atoms with Gasteiger partial charge in [-0.2, -0.15) is 0 Å². The first-order valence-electron chi connectivity index (χ1n) is 4.73. The topological polar surface area (TPSA) is 40.0 Å². The number of likely N-dealkylation sites (N-methyl/N-ethyl adjacent to an activating group) is 1. The first kappa shape index (κ1) is 13.1. The summed E-state index contributed by atoms with van der Waals surface area (Å²) in [5.41, 5.74) is 0.419. The average molecular weight is 202 g/mol. The van der Waals surface area contributed by atoms with Crippen molar-refractivity contribution in [1.82, 2.24) is 0 Å². The number of carbonyl (C=O) groups excluding carboxylic acids is 1. The van der Waals surface area contributed by atoms with Gasteiger partial charge in [0.2, 0.25) is 0 Å². The van der Waals surface area contributed by atoms with E-state index in [1.807, 2.05) is 0 Å². The Balaban J connectivity index is 3.22. The molecule has 0 heterocycles. The smallest absolute Gasteiger partial charge is 0.333 e. The van der Waals surface area contributed by atoms with Gasteiger partial charge in [0, 0.05) is 5.57 Å². The van der Waals surface area contributed by atoms with Crippen molar-refractivity contribution in [3.05, 3.63) is 12.2 Å². The summed E-state index contributed by atoms with van der Waals surface area (Å²) in [7, 11) is 4.12. The highest BCUT2D eigenvalue weighted by atomic mass is 16.6. The predicted molar refractivity (Wildman–Crippen MR) is 54.3 cm³/mol. The number of carbonyl (C=O) groups is 1. The van der Waals surface area contributed by atoms with Gasteiger partial charge < -0.3 is 14.4 Å². The largest absolute Gasteiger partial charge is 0.460 e. The summed E-state index contributed by atoms with van der Waals surface area (Å²) in [6.45, 7) is 7.49. The standard InChI is InChI=1S/C10H19NO3/c1-9(2)10(12)14-8-7-13-6-5-11(3)4/h1,5-8H2,2-4H3/p+1. The fraction of sp³-hybridized carbons (Fsp3) is 0.700. The van der Waals surface area contributed by atoms with Gasteiger partial charge in [-0.3, -0.25) is 0 Å². The van der Waals surface area contributed by atoms with Crippen molar-refractivity contribution in [3.63, 3.8) is 0 Å². The molecule has 0 rings (SSSR count). The monoisotopic (exact) mass is 202 g/mol. The van der Waals surface area contributed by atoms with Crippen LogP contribution in [0.2, 0.25) is 0 Å². The normalized spacial score (nSPS) is 10.3. The zero-order chi connectivity index (χ0) is 11.0. The van der Waals surface area contributed by atoms with Crippen molar-refractivity contribution in [2.24, 2.45) is 0 Å². The van der Waals surface area contributed by atoms with Crippen LogP contribution < -0.4 is 4.90 Å². The van der Waals surface area contributed by atoms with Crippen molar-refractivity contribution in [1.29, 1.82) is 0 Å². The second-order valence-electron chi connectivity index (χ2n) is 3.49. The lowest BCUT2D eigenvalue weighted by Gasteiger charge is -2.08. The molecule has 0 saturated carbocycles. The molecular formula is C10H20NO3+. The van der Waals surface area contributed by atoms with Gasteiger partial charge in [-0.15, -0.1) is 0 Å². The molecule has 0 aliphatic rings. The molecule has 14 heavy (non-hydrogen) atoms. The first-order valence-corrected chi connectivity index (χ1v) is 4.73. The summed E-state index contributed by atoms with van der Waals surface area (Å²) in [6.07, 6.45) is 0. The molecule has 0 aliphatic carbocycles. The molecule has 0 unspecified atom stereocenters. The molecule has 0 spiro atoms. The lowest BCUT2D eigenvalue weighted by atomic mass is 10.4. The molecule has 4 nitrogen and oxygen atoms in total. The van der Waals surface area contributed by atoms with Crippen LogP contribution in [-0.2, 0) is 14.3 Å². The van der Waals surface area contributed by atoms with Crippen LogP contribution in [0.25, 0.3) is 0 Å². The summed E-state index contributed by atoms with van der Waals surface area (Å²) < 4.78 is 10.1. The predicted octanol–water partition coefficient (Wildman–Crippen LogP) is -0.733. The Labute approximate surface area is 85.5 Å².